The number of carbonyl (C=O) groups excluding carboxylic acids is 3. The molecule has 3 amide bonds. The second kappa shape index (κ2) is 7.07. The number of esters is 1. The molecule has 9 heteroatoms. The number of hydrogen-bond donors (Lipinski definition) is 0. The molecule has 2 fully saturated rings. The molecule has 9 nitrogen and oxygen atoms in total. The van der Waals surface area contributed by atoms with Crippen LogP contribution in [0.5, 0.6) is 11.5 Å². The van der Waals surface area contributed by atoms with Crippen LogP contribution >= 0.6 is 0 Å². The Morgan fingerprint density at radius 2 is 2.04 bits per heavy atom. The lowest BCUT2D eigenvalue weighted by molar-refractivity contribution is -0.146. The molecule has 0 N–H and O–H groups in total. The fraction of sp³-hybridized carbons (Fsp3) is 0.500. The number of hydrogen-bond acceptors (Lipinski definition) is 7. The summed E-state index contributed by atoms with van der Waals surface area (Å²) in [5, 5.41) is 0. The first-order valence-electron chi connectivity index (χ1n) is 8.95. The second-order valence-corrected chi connectivity index (χ2v) is 6.64. The van der Waals surface area contributed by atoms with Crippen molar-refractivity contribution in [1.29, 1.82) is 0 Å². The standard InChI is InChI=1S/C18H21N3O6/c1-2-25-16(22)10-21-17(23)13-9-19(5-6-20(13)18(21)24)8-12-3-4-14-15(7-12)27-11-26-14/h3-4,7,13H,2,5-6,8-11H2,1H3. The number of fused-ring (bicyclic) bond motifs is 2. The van der Waals surface area contributed by atoms with Gasteiger partial charge in [-0.3, -0.25) is 19.4 Å². The van der Waals surface area contributed by atoms with Crippen molar-refractivity contribution in [3.05, 3.63) is 23.8 Å². The van der Waals surface area contributed by atoms with Crippen molar-refractivity contribution in [3.8, 4) is 11.5 Å². The monoisotopic (exact) mass is 375 g/mol. The number of benzene rings is 1. The minimum Gasteiger partial charge on any atom is -0.465 e. The highest BCUT2D eigenvalue weighted by Gasteiger charge is 2.48. The van der Waals surface area contributed by atoms with E-state index in [0.717, 1.165) is 22.0 Å². The summed E-state index contributed by atoms with van der Waals surface area (Å²) in [6.45, 7) is 3.95. The molecule has 0 bridgehead atoms. The normalized spacial score (nSPS) is 21.6. The summed E-state index contributed by atoms with van der Waals surface area (Å²) in [5.74, 6) is 0.535. The van der Waals surface area contributed by atoms with Crippen molar-refractivity contribution < 1.29 is 28.6 Å². The smallest absolute Gasteiger partial charge is 0.328 e. The molecule has 3 aliphatic heterocycles. The molecule has 2 saturated heterocycles. The minimum absolute atomic E-state index is 0.214. The maximum atomic E-state index is 12.6. The zero-order valence-corrected chi connectivity index (χ0v) is 15.1. The van der Waals surface area contributed by atoms with E-state index in [-0.39, 0.29) is 25.9 Å². The van der Waals surface area contributed by atoms with E-state index in [1.165, 1.54) is 4.90 Å². The molecular formula is C18H21N3O6. The maximum absolute atomic E-state index is 12.6. The van der Waals surface area contributed by atoms with Crippen LogP contribution < -0.4 is 9.47 Å². The lowest BCUT2D eigenvalue weighted by Crippen LogP contribution is -2.52. The van der Waals surface area contributed by atoms with Gasteiger partial charge in [0.1, 0.15) is 12.6 Å². The Kier molecular flexibility index (Phi) is 4.61. The highest BCUT2D eigenvalue weighted by Crippen LogP contribution is 2.33. The van der Waals surface area contributed by atoms with Gasteiger partial charge in [0, 0.05) is 26.2 Å². The van der Waals surface area contributed by atoms with Crippen LogP contribution in [0.4, 0.5) is 4.79 Å². The zero-order valence-electron chi connectivity index (χ0n) is 15.1. The quantitative estimate of drug-likeness (QED) is 0.545. The minimum atomic E-state index is -0.573. The molecule has 0 aliphatic carbocycles. The number of nitrogens with zero attached hydrogens (tertiary/aromatic N) is 3. The van der Waals surface area contributed by atoms with E-state index >= 15 is 0 Å². The van der Waals surface area contributed by atoms with E-state index in [4.69, 9.17) is 14.2 Å². The predicted octanol–water partition coefficient (Wildman–Crippen LogP) is 0.427. The third-order valence-electron chi connectivity index (χ3n) is 4.93. The molecular weight excluding hydrogens is 354 g/mol. The maximum Gasteiger partial charge on any atom is 0.328 e. The number of rotatable bonds is 5. The molecule has 144 valence electrons. The summed E-state index contributed by atoms with van der Waals surface area (Å²) in [7, 11) is 0. The van der Waals surface area contributed by atoms with Gasteiger partial charge in [-0.2, -0.15) is 0 Å². The van der Waals surface area contributed by atoms with Crippen molar-refractivity contribution in [2.75, 3.05) is 39.6 Å². The van der Waals surface area contributed by atoms with Crippen LogP contribution in [0.15, 0.2) is 18.2 Å². The molecule has 0 aromatic heterocycles. The van der Waals surface area contributed by atoms with Gasteiger partial charge in [-0.1, -0.05) is 6.07 Å². The summed E-state index contributed by atoms with van der Waals surface area (Å²) < 4.78 is 15.6. The van der Waals surface area contributed by atoms with Crippen LogP contribution in [0, 0.1) is 0 Å². The van der Waals surface area contributed by atoms with Crippen molar-refractivity contribution in [3.63, 3.8) is 0 Å². The third kappa shape index (κ3) is 3.30. The lowest BCUT2D eigenvalue weighted by Gasteiger charge is -2.35. The SMILES string of the molecule is CCOC(=O)CN1C(=O)C2CN(Cc3ccc4c(c3)OCO4)CCN2C1=O. The van der Waals surface area contributed by atoms with E-state index in [2.05, 4.69) is 4.90 Å². The van der Waals surface area contributed by atoms with E-state index in [9.17, 15) is 14.4 Å². The van der Waals surface area contributed by atoms with Gasteiger partial charge in [-0.25, -0.2) is 4.79 Å². The van der Waals surface area contributed by atoms with Gasteiger partial charge in [0.15, 0.2) is 11.5 Å². The Morgan fingerprint density at radius 3 is 2.85 bits per heavy atom. The van der Waals surface area contributed by atoms with Crippen LogP contribution in [0.2, 0.25) is 0 Å². The Labute approximate surface area is 156 Å². The van der Waals surface area contributed by atoms with Crippen LogP contribution in [-0.2, 0) is 20.9 Å². The fourth-order valence-electron chi connectivity index (χ4n) is 3.63. The number of carbonyl (C=O) groups is 3. The van der Waals surface area contributed by atoms with Gasteiger partial charge in [-0.15, -0.1) is 0 Å². The molecule has 0 radical (unpaired) electrons. The number of ether oxygens (including phenoxy) is 3. The van der Waals surface area contributed by atoms with Crippen LogP contribution in [0.3, 0.4) is 0 Å². The van der Waals surface area contributed by atoms with Crippen LogP contribution in [-0.4, -0.2) is 78.2 Å². The molecule has 1 unspecified atom stereocenters. The molecule has 1 aromatic carbocycles. The third-order valence-corrected chi connectivity index (χ3v) is 4.93. The van der Waals surface area contributed by atoms with E-state index < -0.39 is 18.0 Å². The zero-order chi connectivity index (χ0) is 19.0. The Morgan fingerprint density at radius 1 is 1.22 bits per heavy atom. The number of urea groups is 1. The predicted molar refractivity (Wildman–Crippen MR) is 92.1 cm³/mol. The molecule has 0 saturated carbocycles. The fourth-order valence-corrected chi connectivity index (χ4v) is 3.63. The average Bonchev–Trinajstić information content (AvgIpc) is 3.21. The van der Waals surface area contributed by atoms with Gasteiger partial charge in [0.2, 0.25) is 6.79 Å². The molecule has 1 atom stereocenters. The largest absolute Gasteiger partial charge is 0.465 e. The Balaban J connectivity index is 1.41. The number of piperazine rings is 1. The summed E-state index contributed by atoms with van der Waals surface area (Å²) >= 11 is 0. The molecule has 3 heterocycles. The average molecular weight is 375 g/mol. The summed E-state index contributed by atoms with van der Waals surface area (Å²) in [5.41, 5.74) is 1.05. The van der Waals surface area contributed by atoms with Crippen molar-refractivity contribution in [2.45, 2.75) is 19.5 Å². The Bertz CT molecular complexity index is 782. The summed E-state index contributed by atoms with van der Waals surface area (Å²) in [6, 6.07) is 4.80. The van der Waals surface area contributed by atoms with Gasteiger partial charge in [0.25, 0.3) is 5.91 Å². The highest BCUT2D eigenvalue weighted by molar-refractivity contribution is 6.06. The van der Waals surface area contributed by atoms with E-state index in [0.29, 0.717) is 26.2 Å². The van der Waals surface area contributed by atoms with Crippen LogP contribution in [0.1, 0.15) is 12.5 Å². The summed E-state index contributed by atoms with van der Waals surface area (Å²) in [4.78, 5) is 41.4. The topological polar surface area (TPSA) is 88.6 Å². The van der Waals surface area contributed by atoms with Gasteiger partial charge < -0.3 is 19.1 Å². The first-order valence-corrected chi connectivity index (χ1v) is 8.95. The molecule has 4 rings (SSSR count). The first-order chi connectivity index (χ1) is 13.1. The molecule has 1 aromatic rings. The summed E-state index contributed by atoms with van der Waals surface area (Å²) in [6.07, 6.45) is 0. The second-order valence-electron chi connectivity index (χ2n) is 6.64. The highest BCUT2D eigenvalue weighted by atomic mass is 16.7. The molecule has 27 heavy (non-hydrogen) atoms. The van der Waals surface area contributed by atoms with Gasteiger partial charge in [-0.05, 0) is 24.6 Å². The van der Waals surface area contributed by atoms with E-state index in [1.54, 1.807) is 6.92 Å². The van der Waals surface area contributed by atoms with Gasteiger partial charge >= 0.3 is 12.0 Å². The first kappa shape index (κ1) is 17.6. The molecule has 3 aliphatic rings. The molecule has 0 spiro atoms. The van der Waals surface area contributed by atoms with Crippen molar-refractivity contribution in [1.82, 2.24) is 14.7 Å². The van der Waals surface area contributed by atoms with Crippen molar-refractivity contribution in [2.24, 2.45) is 0 Å². The number of amides is 3. The lowest BCUT2D eigenvalue weighted by atomic mass is 10.1. The number of imide groups is 1. The van der Waals surface area contributed by atoms with Crippen LogP contribution in [0.25, 0.3) is 0 Å². The van der Waals surface area contributed by atoms with Gasteiger partial charge in [0.05, 0.1) is 6.61 Å². The van der Waals surface area contributed by atoms with E-state index in [1.807, 2.05) is 18.2 Å². The Hall–Kier alpha value is -2.81. The van der Waals surface area contributed by atoms with Crippen molar-refractivity contribution >= 4 is 17.9 Å².